The zero-order valence-corrected chi connectivity index (χ0v) is 17.1. The third-order valence-electron chi connectivity index (χ3n) is 10.9. The molecule has 13 atom stereocenters. The maximum atomic E-state index is 12.3. The van der Waals surface area contributed by atoms with E-state index >= 15 is 0 Å². The summed E-state index contributed by atoms with van der Waals surface area (Å²) in [5.41, 5.74) is -0.997. The van der Waals surface area contributed by atoms with Gasteiger partial charge in [-0.25, -0.2) is 0 Å². The first kappa shape index (κ1) is 17.4. The predicted octanol–water partition coefficient (Wildman–Crippen LogP) is 0.646. The van der Waals surface area contributed by atoms with Crippen molar-refractivity contribution in [1.29, 1.82) is 0 Å². The summed E-state index contributed by atoms with van der Waals surface area (Å²) in [5, 5.41) is 24.0. The molecule has 7 aliphatic rings. The van der Waals surface area contributed by atoms with Crippen molar-refractivity contribution < 1.29 is 24.4 Å². The molecule has 156 valence electrons. The van der Waals surface area contributed by atoms with Gasteiger partial charge in [-0.05, 0) is 25.3 Å². The fraction of sp³-hybridized carbons (Fsp3) is 1.00. The highest BCUT2D eigenvalue weighted by molar-refractivity contribution is 5.37. The Labute approximate surface area is 166 Å². The molecule has 0 amide bonds. The van der Waals surface area contributed by atoms with Crippen molar-refractivity contribution in [2.45, 2.75) is 74.3 Å². The summed E-state index contributed by atoms with van der Waals surface area (Å²) in [5.74, 6) is 1.26. The summed E-state index contributed by atoms with van der Waals surface area (Å²) < 4.78 is 18.4. The maximum absolute atomic E-state index is 12.3. The minimum Gasteiger partial charge on any atom is -0.392 e. The lowest BCUT2D eigenvalue weighted by atomic mass is 9.46. The molecular formula is C22H33NO5. The van der Waals surface area contributed by atoms with E-state index in [0.717, 1.165) is 32.4 Å². The lowest BCUT2D eigenvalue weighted by molar-refractivity contribution is -0.254. The van der Waals surface area contributed by atoms with Gasteiger partial charge in [0.2, 0.25) is 0 Å². The molecule has 5 saturated carbocycles. The van der Waals surface area contributed by atoms with Crippen LogP contribution < -0.4 is 0 Å². The molecule has 5 aliphatic carbocycles. The molecule has 6 nitrogen and oxygen atoms in total. The first-order valence-corrected chi connectivity index (χ1v) is 11.3. The quantitative estimate of drug-likeness (QED) is 0.688. The molecule has 7 fully saturated rings. The molecular weight excluding hydrogens is 358 g/mol. The van der Waals surface area contributed by atoms with Crippen molar-refractivity contribution in [3.63, 3.8) is 0 Å². The van der Waals surface area contributed by atoms with Crippen molar-refractivity contribution in [1.82, 2.24) is 4.90 Å². The average Bonchev–Trinajstić information content (AvgIpc) is 3.14. The van der Waals surface area contributed by atoms with Gasteiger partial charge in [0.05, 0.1) is 30.0 Å². The van der Waals surface area contributed by atoms with Crippen molar-refractivity contribution in [3.05, 3.63) is 0 Å². The first-order valence-electron chi connectivity index (χ1n) is 11.3. The molecule has 7 rings (SSSR count). The van der Waals surface area contributed by atoms with E-state index in [1.807, 2.05) is 0 Å². The van der Waals surface area contributed by atoms with Gasteiger partial charge in [0.25, 0.3) is 0 Å². The molecule has 6 heteroatoms. The van der Waals surface area contributed by atoms with Crippen LogP contribution >= 0.6 is 0 Å². The van der Waals surface area contributed by atoms with E-state index in [4.69, 9.17) is 14.2 Å². The molecule has 2 heterocycles. The maximum Gasteiger partial charge on any atom is 0.111 e. The second kappa shape index (κ2) is 4.97. The third kappa shape index (κ3) is 1.50. The van der Waals surface area contributed by atoms with Crippen LogP contribution in [0.3, 0.4) is 0 Å². The third-order valence-corrected chi connectivity index (χ3v) is 10.9. The summed E-state index contributed by atoms with van der Waals surface area (Å²) in [6.45, 7) is 4.16. The fourth-order valence-corrected chi connectivity index (χ4v) is 10.3. The standard InChI is InChI=1S/C22H33NO5/c1-4-23-9-21-14-6-12-19(23)22(14,15(24)7-16(21)28-21)11-5-10-13(26-2)8-20(12,25)17(11)18(10)27-3/h10-19,24-25H,4-9H2,1-3H3/t10-,11?,12+,13+,14?,15+,16?,17?,18+,19?,20+,21-,22-/m1/s1. The highest BCUT2D eigenvalue weighted by atomic mass is 16.6. The Hall–Kier alpha value is -0.240. The van der Waals surface area contributed by atoms with Crippen LogP contribution in [0.5, 0.6) is 0 Å². The fourth-order valence-electron chi connectivity index (χ4n) is 10.3. The number of aliphatic hydroxyl groups is 2. The van der Waals surface area contributed by atoms with Crippen LogP contribution in [0.25, 0.3) is 0 Å². The van der Waals surface area contributed by atoms with Gasteiger partial charge in [-0.15, -0.1) is 0 Å². The molecule has 2 aliphatic heterocycles. The number of fused-ring (bicyclic) bond motifs is 2. The van der Waals surface area contributed by atoms with Gasteiger partial charge in [0, 0.05) is 68.7 Å². The Morgan fingerprint density at radius 1 is 1.14 bits per heavy atom. The highest BCUT2D eigenvalue weighted by Crippen LogP contribution is 2.80. The number of hydrogen-bond acceptors (Lipinski definition) is 6. The van der Waals surface area contributed by atoms with Crippen LogP contribution in [-0.2, 0) is 14.2 Å². The van der Waals surface area contributed by atoms with Crippen LogP contribution in [0, 0.1) is 35.0 Å². The Morgan fingerprint density at radius 3 is 2.68 bits per heavy atom. The average molecular weight is 392 g/mol. The molecule has 7 bridgehead atoms. The molecule has 2 spiro atoms. The second-order valence-corrected chi connectivity index (χ2v) is 10.9. The predicted molar refractivity (Wildman–Crippen MR) is 99.5 cm³/mol. The number of likely N-dealkylation sites (tertiary alicyclic amines) is 1. The van der Waals surface area contributed by atoms with Crippen molar-refractivity contribution >= 4 is 0 Å². The lowest BCUT2D eigenvalue weighted by Crippen LogP contribution is -2.75. The number of epoxide rings is 1. The van der Waals surface area contributed by atoms with E-state index in [9.17, 15) is 10.2 Å². The van der Waals surface area contributed by atoms with Crippen LogP contribution in [0.15, 0.2) is 0 Å². The monoisotopic (exact) mass is 391 g/mol. The summed E-state index contributed by atoms with van der Waals surface area (Å²) in [4.78, 5) is 2.57. The number of ether oxygens (including phenoxy) is 3. The highest BCUT2D eigenvalue weighted by Gasteiger charge is 2.88. The molecule has 0 aromatic carbocycles. The number of methoxy groups -OCH3 is 2. The van der Waals surface area contributed by atoms with Crippen LogP contribution in [0.1, 0.15) is 32.6 Å². The van der Waals surface area contributed by atoms with Crippen LogP contribution in [0.4, 0.5) is 0 Å². The van der Waals surface area contributed by atoms with E-state index in [1.54, 1.807) is 14.2 Å². The van der Waals surface area contributed by atoms with Gasteiger partial charge in [0.15, 0.2) is 0 Å². The van der Waals surface area contributed by atoms with Crippen LogP contribution in [-0.4, -0.2) is 84.1 Å². The van der Waals surface area contributed by atoms with Gasteiger partial charge < -0.3 is 24.4 Å². The van der Waals surface area contributed by atoms with Crippen molar-refractivity contribution in [3.8, 4) is 0 Å². The number of aliphatic hydroxyl groups excluding tert-OH is 1. The molecule has 0 aromatic rings. The van der Waals surface area contributed by atoms with Crippen molar-refractivity contribution in [2.24, 2.45) is 35.0 Å². The Morgan fingerprint density at radius 2 is 1.96 bits per heavy atom. The first-order chi connectivity index (χ1) is 13.5. The summed E-state index contributed by atoms with van der Waals surface area (Å²) in [6, 6.07) is 0.256. The lowest BCUT2D eigenvalue weighted by Gasteiger charge is -2.65. The molecule has 5 unspecified atom stereocenters. The topological polar surface area (TPSA) is 74.7 Å². The van der Waals surface area contributed by atoms with Gasteiger partial charge in [-0.3, -0.25) is 4.90 Å². The summed E-state index contributed by atoms with van der Waals surface area (Å²) >= 11 is 0. The second-order valence-electron chi connectivity index (χ2n) is 10.9. The van der Waals surface area contributed by atoms with E-state index in [0.29, 0.717) is 18.3 Å². The van der Waals surface area contributed by atoms with E-state index in [2.05, 4.69) is 11.8 Å². The smallest absolute Gasteiger partial charge is 0.111 e. The number of nitrogens with zero attached hydrogens (tertiary/aromatic N) is 1. The molecule has 28 heavy (non-hydrogen) atoms. The normalized spacial score (nSPS) is 68.0. The zero-order valence-electron chi connectivity index (χ0n) is 17.1. The van der Waals surface area contributed by atoms with Gasteiger partial charge >= 0.3 is 0 Å². The number of likely N-dealkylation sites (N-methyl/N-ethyl adjacent to an activating group) is 1. The molecule has 0 radical (unpaired) electrons. The summed E-state index contributed by atoms with van der Waals surface area (Å²) in [6.07, 6.45) is 3.41. The molecule has 2 N–H and O–H groups in total. The number of rotatable bonds is 3. The Kier molecular flexibility index (Phi) is 3.10. The Bertz CT molecular complexity index is 734. The number of hydrogen-bond donors (Lipinski definition) is 2. The van der Waals surface area contributed by atoms with Crippen molar-refractivity contribution in [2.75, 3.05) is 27.3 Å². The van der Waals surface area contributed by atoms with E-state index in [1.165, 1.54) is 0 Å². The van der Waals surface area contributed by atoms with E-state index in [-0.39, 0.29) is 59.2 Å². The molecule has 2 saturated heterocycles. The Balaban J connectivity index is 1.47. The van der Waals surface area contributed by atoms with Crippen LogP contribution in [0.2, 0.25) is 0 Å². The van der Waals surface area contributed by atoms with Gasteiger partial charge in [-0.2, -0.15) is 0 Å². The van der Waals surface area contributed by atoms with Gasteiger partial charge in [-0.1, -0.05) is 6.92 Å². The zero-order chi connectivity index (χ0) is 19.2. The van der Waals surface area contributed by atoms with E-state index < -0.39 is 5.60 Å². The minimum atomic E-state index is -0.769. The summed E-state index contributed by atoms with van der Waals surface area (Å²) in [7, 11) is 3.58. The SMILES string of the molecule is CCN1C[C@]23OC2C[C@H](O)[C@@]24C5C[C@@H]6[C@@H](OC)C[C@@](O)(C5[C@H]6OC)[C@@H](CC32)C14. The minimum absolute atomic E-state index is 0.0308. The molecule has 0 aromatic heterocycles. The largest absolute Gasteiger partial charge is 0.392 e. The number of piperidine rings is 1. The van der Waals surface area contributed by atoms with Gasteiger partial charge in [0.1, 0.15) is 5.60 Å².